The van der Waals surface area contributed by atoms with Crippen molar-refractivity contribution in [2.45, 2.75) is 39.0 Å². The molecule has 1 aliphatic rings. The van der Waals surface area contributed by atoms with Crippen LogP contribution in [0.2, 0.25) is 0 Å². The highest BCUT2D eigenvalue weighted by molar-refractivity contribution is 5.96. The van der Waals surface area contributed by atoms with Crippen molar-refractivity contribution in [2.75, 3.05) is 23.3 Å². The molecule has 5 aromatic heterocycles. The number of pyridine rings is 3. The molecule has 1 aliphatic heterocycles. The number of piperidine rings is 1. The zero-order valence-corrected chi connectivity index (χ0v) is 20.4. The minimum absolute atomic E-state index is 0.115. The summed E-state index contributed by atoms with van der Waals surface area (Å²) in [5.74, 6) is 0.675. The number of H-pyrrole nitrogens is 2. The van der Waals surface area contributed by atoms with Gasteiger partial charge in [-0.2, -0.15) is 5.10 Å². The molecule has 6 rings (SSSR count). The molecule has 1 fully saturated rings. The van der Waals surface area contributed by atoms with Gasteiger partial charge in [-0.25, -0.2) is 19.3 Å². The van der Waals surface area contributed by atoms with E-state index in [0.29, 0.717) is 29.2 Å². The predicted octanol–water partition coefficient (Wildman–Crippen LogP) is 4.83. The SMILES string of the molecule is CCCC(=O)Nc1cncc(-c2cnc3n[nH]c(-c4nc5c(N6CCCCC6)nccc5[nH]4)c3c2F)c1. The number of aromatic amines is 2. The first-order chi connectivity index (χ1) is 18.1. The van der Waals surface area contributed by atoms with Crippen LogP contribution >= 0.6 is 0 Å². The lowest BCUT2D eigenvalue weighted by Crippen LogP contribution is -2.30. The fourth-order valence-corrected chi connectivity index (χ4v) is 4.81. The van der Waals surface area contributed by atoms with Crippen molar-refractivity contribution in [1.82, 2.24) is 35.1 Å². The van der Waals surface area contributed by atoms with Crippen molar-refractivity contribution in [3.8, 4) is 22.6 Å². The number of carbonyl (C=O) groups excluding carboxylic acids is 1. The zero-order valence-electron chi connectivity index (χ0n) is 20.4. The van der Waals surface area contributed by atoms with Crippen LogP contribution in [-0.2, 0) is 4.79 Å². The molecule has 6 heterocycles. The molecule has 3 N–H and O–H groups in total. The maximum atomic E-state index is 16.0. The van der Waals surface area contributed by atoms with Gasteiger partial charge in [0, 0.05) is 49.2 Å². The normalized spacial score (nSPS) is 13.9. The van der Waals surface area contributed by atoms with Gasteiger partial charge in [0.15, 0.2) is 17.3 Å². The van der Waals surface area contributed by atoms with Crippen LogP contribution in [0.3, 0.4) is 0 Å². The standard InChI is InChI=1S/C26H26FN9O/c1-2-6-19(37)31-16-11-15(12-28-13-16)17-14-30-24-20(21(17)27)23(34-35-24)25-32-18-7-8-29-26(22(18)33-25)36-9-4-3-5-10-36/h7-8,11-14H,2-6,9-10H2,1H3,(H,31,37)(H,32,33)(H,30,34,35). The van der Waals surface area contributed by atoms with Crippen molar-refractivity contribution in [3.63, 3.8) is 0 Å². The Morgan fingerprint density at radius 3 is 2.86 bits per heavy atom. The molecule has 10 nitrogen and oxygen atoms in total. The lowest BCUT2D eigenvalue weighted by molar-refractivity contribution is -0.116. The number of hydrogen-bond donors (Lipinski definition) is 3. The van der Waals surface area contributed by atoms with E-state index in [2.05, 4.69) is 40.3 Å². The first-order valence-electron chi connectivity index (χ1n) is 12.5. The third-order valence-corrected chi connectivity index (χ3v) is 6.60. The Morgan fingerprint density at radius 2 is 2.03 bits per heavy atom. The quantitative estimate of drug-likeness (QED) is 0.305. The van der Waals surface area contributed by atoms with Crippen molar-refractivity contribution in [3.05, 3.63) is 42.7 Å². The number of hydrogen-bond acceptors (Lipinski definition) is 7. The van der Waals surface area contributed by atoms with Crippen LogP contribution in [0.5, 0.6) is 0 Å². The van der Waals surface area contributed by atoms with Gasteiger partial charge in [0.05, 0.1) is 22.8 Å². The molecule has 11 heteroatoms. The number of halogens is 1. The number of aromatic nitrogens is 7. The van der Waals surface area contributed by atoms with Crippen LogP contribution in [0.4, 0.5) is 15.9 Å². The molecule has 0 bridgehead atoms. The van der Waals surface area contributed by atoms with Gasteiger partial charge in [0.1, 0.15) is 17.0 Å². The Hall–Kier alpha value is -4.41. The van der Waals surface area contributed by atoms with Gasteiger partial charge in [0.25, 0.3) is 0 Å². The number of carbonyl (C=O) groups is 1. The lowest BCUT2D eigenvalue weighted by Gasteiger charge is -2.27. The van der Waals surface area contributed by atoms with E-state index in [9.17, 15) is 4.79 Å². The third-order valence-electron chi connectivity index (χ3n) is 6.60. The number of rotatable bonds is 6. The number of nitrogens with one attached hydrogen (secondary N) is 3. The zero-order chi connectivity index (χ0) is 25.4. The van der Waals surface area contributed by atoms with Crippen molar-refractivity contribution in [1.29, 1.82) is 0 Å². The Labute approximate surface area is 211 Å². The van der Waals surface area contributed by atoms with Gasteiger partial charge in [-0.3, -0.25) is 14.9 Å². The monoisotopic (exact) mass is 499 g/mol. The van der Waals surface area contributed by atoms with Crippen molar-refractivity contribution in [2.24, 2.45) is 0 Å². The minimum atomic E-state index is -0.498. The van der Waals surface area contributed by atoms with E-state index in [1.807, 2.05) is 13.0 Å². The smallest absolute Gasteiger partial charge is 0.224 e. The predicted molar refractivity (Wildman–Crippen MR) is 140 cm³/mol. The summed E-state index contributed by atoms with van der Waals surface area (Å²) < 4.78 is 16.0. The van der Waals surface area contributed by atoms with Crippen molar-refractivity contribution >= 4 is 39.5 Å². The Kier molecular flexibility index (Phi) is 5.95. The van der Waals surface area contributed by atoms with E-state index in [0.717, 1.165) is 49.2 Å². The van der Waals surface area contributed by atoms with E-state index in [1.165, 1.54) is 18.8 Å². The maximum absolute atomic E-state index is 16.0. The van der Waals surface area contributed by atoms with Crippen LogP contribution in [0.15, 0.2) is 36.9 Å². The summed E-state index contributed by atoms with van der Waals surface area (Å²) in [6.45, 7) is 3.81. The maximum Gasteiger partial charge on any atom is 0.224 e. The van der Waals surface area contributed by atoms with Gasteiger partial charge in [-0.05, 0) is 37.8 Å². The average Bonchev–Trinajstić information content (AvgIpc) is 3.54. The number of imidazole rings is 1. The molecule has 5 aromatic rings. The molecule has 0 atom stereocenters. The summed E-state index contributed by atoms with van der Waals surface area (Å²) in [5.41, 5.74) is 3.45. The molecule has 188 valence electrons. The van der Waals surface area contributed by atoms with Crippen LogP contribution in [0, 0.1) is 5.82 Å². The van der Waals surface area contributed by atoms with Crippen LogP contribution in [0.1, 0.15) is 39.0 Å². The molecule has 0 saturated carbocycles. The van der Waals surface area contributed by atoms with Gasteiger partial charge in [0.2, 0.25) is 5.91 Å². The molecule has 1 amide bonds. The number of fused-ring (bicyclic) bond motifs is 2. The molecule has 0 aromatic carbocycles. The number of anilines is 2. The molecule has 0 radical (unpaired) electrons. The average molecular weight is 500 g/mol. The van der Waals surface area contributed by atoms with Crippen LogP contribution in [0.25, 0.3) is 44.7 Å². The number of amides is 1. The highest BCUT2D eigenvalue weighted by atomic mass is 19.1. The van der Waals surface area contributed by atoms with E-state index < -0.39 is 5.82 Å². The first kappa shape index (κ1) is 23.0. The van der Waals surface area contributed by atoms with Crippen LogP contribution < -0.4 is 10.2 Å². The van der Waals surface area contributed by atoms with Crippen molar-refractivity contribution < 1.29 is 9.18 Å². The molecular weight excluding hydrogens is 473 g/mol. The number of nitrogens with zero attached hydrogens (tertiary/aromatic N) is 6. The van der Waals surface area contributed by atoms with Gasteiger partial charge >= 0.3 is 0 Å². The topological polar surface area (TPSA) is 128 Å². The van der Waals surface area contributed by atoms with Gasteiger partial charge in [-0.15, -0.1) is 0 Å². The molecule has 0 spiro atoms. The summed E-state index contributed by atoms with van der Waals surface area (Å²) in [4.78, 5) is 35.5. The summed E-state index contributed by atoms with van der Waals surface area (Å²) in [7, 11) is 0. The summed E-state index contributed by atoms with van der Waals surface area (Å²) >= 11 is 0. The Morgan fingerprint density at radius 1 is 1.16 bits per heavy atom. The highest BCUT2D eigenvalue weighted by Crippen LogP contribution is 2.34. The minimum Gasteiger partial charge on any atom is -0.355 e. The first-order valence-corrected chi connectivity index (χ1v) is 12.5. The second-order valence-electron chi connectivity index (χ2n) is 9.21. The highest BCUT2D eigenvalue weighted by Gasteiger charge is 2.22. The third kappa shape index (κ3) is 4.26. The van der Waals surface area contributed by atoms with Gasteiger partial charge < -0.3 is 15.2 Å². The summed E-state index contributed by atoms with van der Waals surface area (Å²) in [6.07, 6.45) is 10.9. The summed E-state index contributed by atoms with van der Waals surface area (Å²) in [6, 6.07) is 3.55. The van der Waals surface area contributed by atoms with E-state index in [1.54, 1.807) is 18.5 Å². The fraction of sp³-hybridized carbons (Fsp3) is 0.308. The van der Waals surface area contributed by atoms with E-state index in [4.69, 9.17) is 4.98 Å². The van der Waals surface area contributed by atoms with E-state index >= 15 is 4.39 Å². The Bertz CT molecular complexity index is 1600. The largest absolute Gasteiger partial charge is 0.355 e. The molecule has 37 heavy (non-hydrogen) atoms. The molecule has 0 aliphatic carbocycles. The lowest BCUT2D eigenvalue weighted by atomic mass is 10.1. The molecule has 1 saturated heterocycles. The second kappa shape index (κ2) is 9.57. The molecule has 0 unspecified atom stereocenters. The van der Waals surface area contributed by atoms with Gasteiger partial charge in [-0.1, -0.05) is 6.92 Å². The summed E-state index contributed by atoms with van der Waals surface area (Å²) in [5, 5.41) is 10.2. The van der Waals surface area contributed by atoms with Crippen LogP contribution in [-0.4, -0.2) is 54.1 Å². The fourth-order valence-electron chi connectivity index (χ4n) is 4.81. The second-order valence-corrected chi connectivity index (χ2v) is 9.21. The Balaban J connectivity index is 1.41. The van der Waals surface area contributed by atoms with E-state index in [-0.39, 0.29) is 22.5 Å². The molecular formula is C26H26FN9O.